The molecule has 7 nitrogen and oxygen atoms in total. The van der Waals surface area contributed by atoms with Crippen LogP contribution in [0.4, 0.5) is 5.69 Å². The summed E-state index contributed by atoms with van der Waals surface area (Å²) in [5, 5.41) is 8.40. The minimum atomic E-state index is -0.348. The van der Waals surface area contributed by atoms with E-state index in [0.717, 1.165) is 46.3 Å². The molecular formula is C22H23N5O2S. The number of anilines is 1. The first kappa shape index (κ1) is 19.0. The second kappa shape index (κ2) is 7.05. The molecule has 1 amide bonds. The van der Waals surface area contributed by atoms with Crippen molar-refractivity contribution in [2.45, 2.75) is 46.6 Å². The average Bonchev–Trinajstić information content (AvgIpc) is 3.22. The van der Waals surface area contributed by atoms with Gasteiger partial charge in [-0.1, -0.05) is 19.1 Å². The van der Waals surface area contributed by atoms with Crippen molar-refractivity contribution in [2.75, 3.05) is 5.32 Å². The number of hydrogen-bond acceptors (Lipinski definition) is 5. The largest absolute Gasteiger partial charge is 0.352 e. The molecule has 8 heteroatoms. The second-order valence-electron chi connectivity index (χ2n) is 8.21. The van der Waals surface area contributed by atoms with E-state index in [0.29, 0.717) is 11.6 Å². The molecule has 0 radical (unpaired) electrons. The summed E-state index contributed by atoms with van der Waals surface area (Å²) in [5.41, 5.74) is 4.38. The van der Waals surface area contributed by atoms with Gasteiger partial charge in [0, 0.05) is 10.6 Å². The maximum atomic E-state index is 12.9. The van der Waals surface area contributed by atoms with Crippen molar-refractivity contribution in [1.29, 1.82) is 0 Å². The Morgan fingerprint density at radius 2 is 2.17 bits per heavy atom. The zero-order chi connectivity index (χ0) is 21.0. The second-order valence-corrected chi connectivity index (χ2v) is 9.29. The molecule has 30 heavy (non-hydrogen) atoms. The number of rotatable bonds is 3. The molecule has 5 rings (SSSR count). The fourth-order valence-electron chi connectivity index (χ4n) is 4.18. The van der Waals surface area contributed by atoms with E-state index in [1.807, 2.05) is 32.0 Å². The molecule has 154 valence electrons. The highest BCUT2D eigenvalue weighted by atomic mass is 32.1. The van der Waals surface area contributed by atoms with Gasteiger partial charge in [-0.05, 0) is 61.8 Å². The maximum absolute atomic E-state index is 12.9. The Balaban J connectivity index is 1.52. The van der Waals surface area contributed by atoms with E-state index in [2.05, 4.69) is 22.3 Å². The molecule has 0 bridgehead atoms. The van der Waals surface area contributed by atoms with Crippen LogP contribution in [0.5, 0.6) is 0 Å². The highest BCUT2D eigenvalue weighted by Gasteiger charge is 2.24. The first-order valence-electron chi connectivity index (χ1n) is 10.2. The molecule has 1 aromatic carbocycles. The van der Waals surface area contributed by atoms with Crippen LogP contribution in [0.3, 0.4) is 0 Å². The van der Waals surface area contributed by atoms with Gasteiger partial charge in [-0.25, -0.2) is 18.9 Å². The molecule has 4 aromatic rings. The van der Waals surface area contributed by atoms with Crippen molar-refractivity contribution in [3.63, 3.8) is 0 Å². The Hall–Kier alpha value is -3.00. The number of aryl methyl sites for hydroxylation is 2. The summed E-state index contributed by atoms with van der Waals surface area (Å²) < 4.78 is 2.69. The first-order valence-corrected chi connectivity index (χ1v) is 11.0. The van der Waals surface area contributed by atoms with E-state index in [9.17, 15) is 9.59 Å². The van der Waals surface area contributed by atoms with Gasteiger partial charge < -0.3 is 5.32 Å². The molecule has 0 aliphatic heterocycles. The summed E-state index contributed by atoms with van der Waals surface area (Å²) in [5.74, 6) is 0.384. The summed E-state index contributed by atoms with van der Waals surface area (Å²) in [6.45, 7) is 6.09. The number of aromatic nitrogens is 4. The van der Waals surface area contributed by atoms with Crippen molar-refractivity contribution < 1.29 is 4.79 Å². The molecule has 1 N–H and O–H groups in total. The smallest absolute Gasteiger partial charge is 0.324 e. The van der Waals surface area contributed by atoms with Gasteiger partial charge in [0.1, 0.15) is 17.7 Å². The molecule has 0 spiro atoms. The number of benzene rings is 1. The minimum Gasteiger partial charge on any atom is -0.324 e. The van der Waals surface area contributed by atoms with Crippen LogP contribution in [0.1, 0.15) is 34.9 Å². The SMILES string of the molecule is Cc1cccc(NC(=O)Cn2nc3c4c5c(sc4ncn3c2=O)C[C@H](C)CC5)c1C. The van der Waals surface area contributed by atoms with Gasteiger partial charge in [-0.3, -0.25) is 4.79 Å². The lowest BCUT2D eigenvalue weighted by molar-refractivity contribution is -0.117. The summed E-state index contributed by atoms with van der Waals surface area (Å²) >= 11 is 1.70. The van der Waals surface area contributed by atoms with Gasteiger partial charge in [-0.2, -0.15) is 0 Å². The number of hydrogen-bond donors (Lipinski definition) is 1. The number of thiophene rings is 1. The molecule has 1 atom stereocenters. The van der Waals surface area contributed by atoms with E-state index >= 15 is 0 Å². The molecule has 1 aliphatic rings. The average molecular weight is 422 g/mol. The summed E-state index contributed by atoms with van der Waals surface area (Å²) in [6, 6.07) is 5.76. The zero-order valence-electron chi connectivity index (χ0n) is 17.2. The Morgan fingerprint density at radius 1 is 1.33 bits per heavy atom. The number of fused-ring (bicyclic) bond motifs is 5. The molecular weight excluding hydrogens is 398 g/mol. The number of nitrogens with one attached hydrogen (secondary N) is 1. The van der Waals surface area contributed by atoms with E-state index in [1.54, 1.807) is 11.3 Å². The predicted octanol–water partition coefficient (Wildman–Crippen LogP) is 3.49. The van der Waals surface area contributed by atoms with Gasteiger partial charge in [0.2, 0.25) is 5.91 Å². The predicted molar refractivity (Wildman–Crippen MR) is 118 cm³/mol. The van der Waals surface area contributed by atoms with Crippen molar-refractivity contribution >= 4 is 38.8 Å². The number of nitrogens with zero attached hydrogens (tertiary/aromatic N) is 4. The fraction of sp³-hybridized carbons (Fsp3) is 0.364. The molecule has 3 heterocycles. The van der Waals surface area contributed by atoms with Crippen molar-refractivity contribution in [2.24, 2.45) is 5.92 Å². The topological polar surface area (TPSA) is 81.3 Å². The van der Waals surface area contributed by atoms with E-state index in [-0.39, 0.29) is 18.1 Å². The summed E-state index contributed by atoms with van der Waals surface area (Å²) in [6.07, 6.45) is 4.68. The van der Waals surface area contributed by atoms with Gasteiger partial charge in [0.15, 0.2) is 5.65 Å². The van der Waals surface area contributed by atoms with Gasteiger partial charge >= 0.3 is 5.69 Å². The lowest BCUT2D eigenvalue weighted by Crippen LogP contribution is -2.28. The van der Waals surface area contributed by atoms with Crippen molar-refractivity contribution in [1.82, 2.24) is 19.2 Å². The van der Waals surface area contributed by atoms with Crippen LogP contribution in [0.25, 0.3) is 15.9 Å². The van der Waals surface area contributed by atoms with E-state index in [1.165, 1.54) is 25.9 Å². The Morgan fingerprint density at radius 3 is 3.00 bits per heavy atom. The van der Waals surface area contributed by atoms with Crippen LogP contribution < -0.4 is 11.0 Å². The molecule has 3 aromatic heterocycles. The molecule has 1 aliphatic carbocycles. The lowest BCUT2D eigenvalue weighted by atomic mass is 9.89. The van der Waals surface area contributed by atoms with Gasteiger partial charge in [0.25, 0.3) is 0 Å². The zero-order valence-corrected chi connectivity index (χ0v) is 18.0. The summed E-state index contributed by atoms with van der Waals surface area (Å²) in [7, 11) is 0. The highest BCUT2D eigenvalue weighted by Crippen LogP contribution is 2.38. The van der Waals surface area contributed by atoms with Crippen LogP contribution >= 0.6 is 11.3 Å². The lowest BCUT2D eigenvalue weighted by Gasteiger charge is -2.17. The number of carbonyl (C=O) groups is 1. The molecule has 0 saturated carbocycles. The first-order chi connectivity index (χ1) is 14.4. The minimum absolute atomic E-state index is 0.140. The maximum Gasteiger partial charge on any atom is 0.352 e. The van der Waals surface area contributed by atoms with E-state index in [4.69, 9.17) is 0 Å². The third-order valence-electron chi connectivity index (χ3n) is 6.05. The molecule has 0 unspecified atom stereocenters. The van der Waals surface area contributed by atoms with E-state index < -0.39 is 0 Å². The molecule has 0 fully saturated rings. The van der Waals surface area contributed by atoms with Gasteiger partial charge in [0.05, 0.1) is 5.39 Å². The Bertz CT molecular complexity index is 1360. The highest BCUT2D eigenvalue weighted by molar-refractivity contribution is 7.19. The van der Waals surface area contributed by atoms with Crippen molar-refractivity contribution in [3.8, 4) is 0 Å². The van der Waals surface area contributed by atoms with Crippen molar-refractivity contribution in [3.05, 3.63) is 56.6 Å². The van der Waals surface area contributed by atoms with Crippen LogP contribution in [-0.2, 0) is 24.2 Å². The monoisotopic (exact) mass is 421 g/mol. The third kappa shape index (κ3) is 3.02. The normalized spacial score (nSPS) is 16.2. The van der Waals surface area contributed by atoms with Crippen LogP contribution in [0, 0.1) is 19.8 Å². The number of amides is 1. The fourth-order valence-corrected chi connectivity index (χ4v) is 5.52. The third-order valence-corrected chi connectivity index (χ3v) is 7.21. The van der Waals surface area contributed by atoms with Crippen LogP contribution in [0.15, 0.2) is 29.3 Å². The van der Waals surface area contributed by atoms with Crippen LogP contribution in [-0.4, -0.2) is 25.1 Å². The van der Waals surface area contributed by atoms with Crippen LogP contribution in [0.2, 0.25) is 0 Å². The number of carbonyl (C=O) groups excluding carboxylic acids is 1. The Labute approximate surface area is 177 Å². The van der Waals surface area contributed by atoms with Gasteiger partial charge in [-0.15, -0.1) is 16.4 Å². The molecule has 0 saturated heterocycles. The quantitative estimate of drug-likeness (QED) is 0.549. The Kier molecular flexibility index (Phi) is 4.47. The standard InChI is InChI=1S/C22H23N5O2S/c1-12-7-8-15-17(9-12)30-21-19(15)20-25-27(22(29)26(20)11-23-21)10-18(28)24-16-6-4-5-13(2)14(16)3/h4-6,11-12H,7-10H2,1-3H3,(H,24,28)/t12-/m1/s1. The summed E-state index contributed by atoms with van der Waals surface area (Å²) in [4.78, 5) is 32.3.